The maximum absolute atomic E-state index is 12.9. The Kier molecular flexibility index (Phi) is 11.4. The summed E-state index contributed by atoms with van der Waals surface area (Å²) in [7, 11) is 1.52. The highest BCUT2D eigenvalue weighted by Crippen LogP contribution is 2.48. The maximum atomic E-state index is 12.9. The van der Waals surface area contributed by atoms with Gasteiger partial charge in [-0.05, 0) is 84.5 Å². The van der Waals surface area contributed by atoms with Gasteiger partial charge in [-0.1, -0.05) is 37.6 Å². The monoisotopic (exact) mass is 740 g/mol. The second-order valence-corrected chi connectivity index (χ2v) is 13.2. The Morgan fingerprint density at radius 3 is 2.04 bits per heavy atom. The molecule has 52 heavy (non-hydrogen) atoms. The molecule has 1 saturated carbocycles. The van der Waals surface area contributed by atoms with Crippen LogP contribution in [0.25, 0.3) is 0 Å². The van der Waals surface area contributed by atoms with Crippen molar-refractivity contribution in [1.29, 1.82) is 0 Å². The van der Waals surface area contributed by atoms with Gasteiger partial charge < -0.3 is 36.1 Å². The van der Waals surface area contributed by atoms with Crippen LogP contribution in [-0.2, 0) is 15.1 Å². The van der Waals surface area contributed by atoms with Crippen LogP contribution in [0.2, 0.25) is 5.02 Å². The predicted octanol–water partition coefficient (Wildman–Crippen LogP) is 5.83. The minimum Gasteiger partial charge on any atom is -0.497 e. The number of methoxy groups -OCH3 is 1. The minimum atomic E-state index is -4.61. The van der Waals surface area contributed by atoms with Gasteiger partial charge in [-0.3, -0.25) is 14.4 Å². The van der Waals surface area contributed by atoms with Crippen molar-refractivity contribution >= 4 is 52.6 Å². The zero-order valence-corrected chi connectivity index (χ0v) is 29.1. The molecule has 274 valence electrons. The standard InChI is InChI=1S/C35H36ClF3N8O5/c1-33(2,19-41-28(49)29(50)42-24-12-14-26(51-3)15-13-24)18-40-27(48)21-4-10-25(11-5-21)43-30-44-31(46-32(45-30)52-20-35(37,38)39)47-34(16-17-34)22-6-8-23(36)9-7-22/h4-15H,16-20H2,1-3H3,(H,40,48)(H,41,49)(H,42,50)(H2,43,44,45,46,47). The maximum Gasteiger partial charge on any atom is 0.422 e. The Balaban J connectivity index is 1.16. The Bertz CT molecular complexity index is 1890. The Morgan fingerprint density at radius 1 is 0.808 bits per heavy atom. The molecule has 13 nitrogen and oxygen atoms in total. The van der Waals surface area contributed by atoms with Crippen molar-refractivity contribution in [2.45, 2.75) is 38.4 Å². The number of ether oxygens (including phenoxy) is 2. The van der Waals surface area contributed by atoms with Crippen molar-refractivity contribution in [2.24, 2.45) is 5.41 Å². The number of benzene rings is 3. The predicted molar refractivity (Wildman–Crippen MR) is 188 cm³/mol. The molecular formula is C35H36ClF3N8O5. The third-order valence-corrected chi connectivity index (χ3v) is 8.14. The number of nitrogens with one attached hydrogen (secondary N) is 5. The van der Waals surface area contributed by atoms with Crippen molar-refractivity contribution in [3.8, 4) is 11.8 Å². The first kappa shape index (κ1) is 37.6. The summed E-state index contributed by atoms with van der Waals surface area (Å²) in [6.07, 6.45) is -3.14. The van der Waals surface area contributed by atoms with E-state index in [0.717, 1.165) is 18.4 Å². The lowest BCUT2D eigenvalue weighted by molar-refractivity contribution is -0.154. The SMILES string of the molecule is COc1ccc(NC(=O)C(=O)NCC(C)(C)CNC(=O)c2ccc(Nc3nc(NC4(c5ccc(Cl)cc5)CC4)nc(OCC(F)(F)F)n3)cc2)cc1. The lowest BCUT2D eigenvalue weighted by Gasteiger charge is -2.25. The van der Waals surface area contributed by atoms with E-state index < -0.39 is 47.5 Å². The molecule has 4 aromatic rings. The molecule has 0 aliphatic heterocycles. The number of hydrogen-bond acceptors (Lipinski definition) is 10. The number of hydrogen-bond donors (Lipinski definition) is 5. The molecular weight excluding hydrogens is 705 g/mol. The van der Waals surface area contributed by atoms with Crippen molar-refractivity contribution in [2.75, 3.05) is 42.8 Å². The third-order valence-electron chi connectivity index (χ3n) is 7.89. The van der Waals surface area contributed by atoms with E-state index in [1.807, 2.05) is 26.0 Å². The number of anilines is 4. The van der Waals surface area contributed by atoms with Gasteiger partial charge in [0.1, 0.15) is 5.75 Å². The van der Waals surface area contributed by atoms with Crippen LogP contribution in [0.4, 0.5) is 36.4 Å². The lowest BCUT2D eigenvalue weighted by atomic mass is 9.93. The summed E-state index contributed by atoms with van der Waals surface area (Å²) in [5, 5.41) is 14.6. The van der Waals surface area contributed by atoms with Crippen LogP contribution in [0.1, 0.15) is 42.6 Å². The van der Waals surface area contributed by atoms with Crippen LogP contribution in [0, 0.1) is 5.41 Å². The number of alkyl halides is 3. The highest BCUT2D eigenvalue weighted by molar-refractivity contribution is 6.39. The van der Waals surface area contributed by atoms with Crippen LogP contribution in [-0.4, -0.2) is 65.7 Å². The molecule has 1 fully saturated rings. The largest absolute Gasteiger partial charge is 0.497 e. The van der Waals surface area contributed by atoms with E-state index in [4.69, 9.17) is 21.1 Å². The molecule has 5 rings (SSSR count). The Morgan fingerprint density at radius 2 is 1.42 bits per heavy atom. The molecule has 0 bridgehead atoms. The molecule has 0 unspecified atom stereocenters. The molecule has 1 aromatic heterocycles. The fraction of sp³-hybridized carbons (Fsp3) is 0.314. The molecule has 0 atom stereocenters. The number of nitrogens with zero attached hydrogens (tertiary/aromatic N) is 3. The van der Waals surface area contributed by atoms with Crippen LogP contribution < -0.4 is 36.1 Å². The summed E-state index contributed by atoms with van der Waals surface area (Å²) >= 11 is 6.03. The molecule has 5 N–H and O–H groups in total. The summed E-state index contributed by atoms with van der Waals surface area (Å²) < 4.78 is 48.7. The molecule has 0 spiro atoms. The Labute approximate surface area is 302 Å². The summed E-state index contributed by atoms with van der Waals surface area (Å²) in [6.45, 7) is 2.31. The van der Waals surface area contributed by atoms with Gasteiger partial charge in [0.25, 0.3) is 5.91 Å². The van der Waals surface area contributed by atoms with Gasteiger partial charge in [0, 0.05) is 35.1 Å². The first-order chi connectivity index (χ1) is 24.6. The number of amides is 3. The van der Waals surface area contributed by atoms with Gasteiger partial charge in [-0.15, -0.1) is 0 Å². The average Bonchev–Trinajstić information content (AvgIpc) is 3.89. The van der Waals surface area contributed by atoms with Crippen molar-refractivity contribution in [3.05, 3.63) is 88.9 Å². The fourth-order valence-corrected chi connectivity index (χ4v) is 4.98. The zero-order valence-electron chi connectivity index (χ0n) is 28.4. The zero-order chi connectivity index (χ0) is 37.5. The number of carbonyl (C=O) groups is 3. The second-order valence-electron chi connectivity index (χ2n) is 12.8. The molecule has 3 aromatic carbocycles. The van der Waals surface area contributed by atoms with E-state index in [9.17, 15) is 27.6 Å². The normalized spacial score (nSPS) is 13.4. The number of halogens is 4. The Hall–Kier alpha value is -5.64. The van der Waals surface area contributed by atoms with Gasteiger partial charge >= 0.3 is 24.0 Å². The van der Waals surface area contributed by atoms with E-state index in [2.05, 4.69) is 41.5 Å². The molecule has 17 heteroatoms. The highest BCUT2D eigenvalue weighted by Gasteiger charge is 2.45. The summed E-state index contributed by atoms with van der Waals surface area (Å²) in [5.74, 6) is -1.52. The van der Waals surface area contributed by atoms with E-state index >= 15 is 0 Å². The van der Waals surface area contributed by atoms with Crippen molar-refractivity contribution < 1.29 is 37.0 Å². The smallest absolute Gasteiger partial charge is 0.422 e. The number of aromatic nitrogens is 3. The van der Waals surface area contributed by atoms with E-state index in [1.54, 1.807) is 48.5 Å². The van der Waals surface area contributed by atoms with Crippen LogP contribution in [0.15, 0.2) is 72.8 Å². The molecule has 0 radical (unpaired) electrons. The van der Waals surface area contributed by atoms with Gasteiger partial charge in [-0.2, -0.15) is 28.1 Å². The second kappa shape index (κ2) is 15.7. The van der Waals surface area contributed by atoms with E-state index in [1.165, 1.54) is 19.2 Å². The number of rotatable bonds is 14. The topological polar surface area (TPSA) is 168 Å². The molecule has 3 amide bonds. The number of carbonyl (C=O) groups excluding carboxylic acids is 3. The first-order valence-corrected chi connectivity index (χ1v) is 16.4. The quantitative estimate of drug-likeness (QED) is 0.0993. The summed E-state index contributed by atoms with van der Waals surface area (Å²) in [6, 6.07) is 19.4. The lowest BCUT2D eigenvalue weighted by Crippen LogP contribution is -2.44. The molecule has 1 heterocycles. The van der Waals surface area contributed by atoms with E-state index in [-0.39, 0.29) is 25.0 Å². The average molecular weight is 741 g/mol. The van der Waals surface area contributed by atoms with Crippen molar-refractivity contribution in [1.82, 2.24) is 25.6 Å². The molecule has 1 aliphatic carbocycles. The van der Waals surface area contributed by atoms with Gasteiger partial charge in [0.05, 0.1) is 12.6 Å². The van der Waals surface area contributed by atoms with Crippen LogP contribution in [0.3, 0.4) is 0 Å². The van der Waals surface area contributed by atoms with Gasteiger partial charge in [0.2, 0.25) is 11.9 Å². The highest BCUT2D eigenvalue weighted by atomic mass is 35.5. The van der Waals surface area contributed by atoms with Crippen LogP contribution in [0.5, 0.6) is 11.8 Å². The fourth-order valence-electron chi connectivity index (χ4n) is 4.85. The van der Waals surface area contributed by atoms with Crippen LogP contribution >= 0.6 is 11.6 Å². The summed E-state index contributed by atoms with van der Waals surface area (Å²) in [5.41, 5.74) is 0.961. The van der Waals surface area contributed by atoms with Gasteiger partial charge in [-0.25, -0.2) is 0 Å². The third kappa shape index (κ3) is 10.7. The summed E-state index contributed by atoms with van der Waals surface area (Å²) in [4.78, 5) is 50.0. The first-order valence-electron chi connectivity index (χ1n) is 16.0. The van der Waals surface area contributed by atoms with Crippen molar-refractivity contribution in [3.63, 3.8) is 0 Å². The molecule has 1 aliphatic rings. The minimum absolute atomic E-state index is 0.00907. The molecule has 0 saturated heterocycles. The van der Waals surface area contributed by atoms with E-state index in [0.29, 0.717) is 27.7 Å². The van der Waals surface area contributed by atoms with Gasteiger partial charge in [0.15, 0.2) is 6.61 Å².